The summed E-state index contributed by atoms with van der Waals surface area (Å²) in [4.78, 5) is 55.2. The second-order valence-electron chi connectivity index (χ2n) is 15.6. The van der Waals surface area contributed by atoms with E-state index in [9.17, 15) is 44.7 Å². The molecular formula is C41H47Ac2NO13. The first kappa shape index (κ1) is 47.9. The van der Waals surface area contributed by atoms with Gasteiger partial charge < -0.3 is 49.8 Å². The van der Waals surface area contributed by atoms with Crippen LogP contribution in [0.1, 0.15) is 68.9 Å². The monoisotopic (exact) mass is 1220 g/mol. The number of terminal acetylenes is 1. The minimum Gasteiger partial charge on any atom is -0.456 e. The number of hydrogen-bond acceptors (Lipinski definition) is 13. The van der Waals surface area contributed by atoms with Crippen LogP contribution in [0.2, 0.25) is 0 Å². The summed E-state index contributed by atoms with van der Waals surface area (Å²) in [5, 5.41) is 63.0. The van der Waals surface area contributed by atoms with Gasteiger partial charge in [-0.3, -0.25) is 4.79 Å². The summed E-state index contributed by atoms with van der Waals surface area (Å²) in [6.07, 6.45) is -6.03. The van der Waals surface area contributed by atoms with Crippen LogP contribution in [0.3, 0.4) is 0 Å². The van der Waals surface area contributed by atoms with E-state index in [1.165, 1.54) is 26.0 Å². The second-order valence-corrected chi connectivity index (χ2v) is 15.6. The number of alkyl carbamates (subject to hydrolysis) is 1. The first-order valence-corrected chi connectivity index (χ1v) is 18.2. The van der Waals surface area contributed by atoms with E-state index in [2.05, 4.69) is 11.2 Å². The van der Waals surface area contributed by atoms with E-state index in [1.54, 1.807) is 62.4 Å². The molecule has 1 amide bonds. The van der Waals surface area contributed by atoms with Gasteiger partial charge in [0.05, 0.1) is 35.8 Å². The maximum atomic E-state index is 14.7. The number of rotatable bonds is 9. The van der Waals surface area contributed by atoms with Gasteiger partial charge in [0.15, 0.2) is 11.9 Å². The number of carbonyl (C=O) groups excluding carboxylic acids is 4. The largest absolute Gasteiger partial charge is 0.456 e. The number of benzene rings is 2. The molecule has 2 radical (unpaired) electrons. The van der Waals surface area contributed by atoms with Crippen LogP contribution in [-0.2, 0) is 28.5 Å². The van der Waals surface area contributed by atoms with Gasteiger partial charge in [-0.1, -0.05) is 62.4 Å². The van der Waals surface area contributed by atoms with Crippen LogP contribution in [0.4, 0.5) is 4.79 Å². The number of aliphatic hydroxyl groups excluding tert-OH is 3. The Labute approximate surface area is 402 Å². The van der Waals surface area contributed by atoms with Crippen molar-refractivity contribution < 1.29 is 152 Å². The molecule has 1 saturated heterocycles. The van der Waals surface area contributed by atoms with Crippen LogP contribution in [0.15, 0.2) is 71.8 Å². The Bertz CT molecular complexity index is 1900. The maximum Gasteiger partial charge on any atom is 0.407 e. The van der Waals surface area contributed by atoms with Crippen molar-refractivity contribution in [3.05, 3.63) is 82.9 Å². The van der Waals surface area contributed by atoms with Crippen LogP contribution in [0.5, 0.6) is 0 Å². The molecule has 14 nitrogen and oxygen atoms in total. The third-order valence-corrected chi connectivity index (χ3v) is 12.3. The zero-order chi connectivity index (χ0) is 40.1. The van der Waals surface area contributed by atoms with Gasteiger partial charge >= 0.3 is 18.0 Å². The van der Waals surface area contributed by atoms with Crippen molar-refractivity contribution in [2.24, 2.45) is 16.7 Å². The van der Waals surface area contributed by atoms with E-state index >= 15 is 0 Å². The van der Waals surface area contributed by atoms with Crippen molar-refractivity contribution in [2.45, 2.75) is 101 Å². The molecule has 6 rings (SSSR count). The Morgan fingerprint density at radius 2 is 1.61 bits per heavy atom. The third-order valence-electron chi connectivity index (χ3n) is 12.3. The normalized spacial score (nSPS) is 33.3. The van der Waals surface area contributed by atoms with Gasteiger partial charge in [-0.25, -0.2) is 14.4 Å². The maximum absolute atomic E-state index is 14.7. The number of hydrogen-bond donors (Lipinski definition) is 6. The Hall–Kier alpha value is -1.74. The first-order chi connectivity index (χ1) is 25.9. The van der Waals surface area contributed by atoms with E-state index in [0.29, 0.717) is 5.56 Å². The minimum absolute atomic E-state index is 0. The number of carbonyl (C=O) groups is 4. The van der Waals surface area contributed by atoms with Gasteiger partial charge in [0.25, 0.3) is 0 Å². The zero-order valence-corrected chi connectivity index (χ0v) is 41.7. The molecule has 0 aromatic heterocycles. The summed E-state index contributed by atoms with van der Waals surface area (Å²) in [6, 6.07) is 14.6. The minimum atomic E-state index is -2.32. The summed E-state index contributed by atoms with van der Waals surface area (Å²) < 4.78 is 22.8. The molecule has 16 heteroatoms. The third kappa shape index (κ3) is 8.35. The van der Waals surface area contributed by atoms with Crippen molar-refractivity contribution in [1.82, 2.24) is 5.32 Å². The van der Waals surface area contributed by atoms with Gasteiger partial charge in [0, 0.05) is 119 Å². The van der Waals surface area contributed by atoms with Crippen molar-refractivity contribution >= 4 is 23.8 Å². The van der Waals surface area contributed by atoms with E-state index < -0.39 is 101 Å². The number of Topliss-reactive ketones (excluding diaryl/α,β-unsaturated/α-hetero) is 1. The fourth-order valence-corrected chi connectivity index (χ4v) is 9.10. The molecule has 1 aliphatic heterocycles. The molecule has 1 heterocycles. The first-order valence-electron chi connectivity index (χ1n) is 18.2. The summed E-state index contributed by atoms with van der Waals surface area (Å²) >= 11 is 0. The van der Waals surface area contributed by atoms with Gasteiger partial charge in [-0.05, 0) is 42.7 Å². The summed E-state index contributed by atoms with van der Waals surface area (Å²) in [5.74, 6) is -2.25. The van der Waals surface area contributed by atoms with Crippen LogP contribution in [0.25, 0.3) is 0 Å². The molecule has 0 spiro atoms. The molecule has 2 bridgehead atoms. The average Bonchev–Trinajstić information content (AvgIpc) is 3.16. The van der Waals surface area contributed by atoms with E-state index in [-0.39, 0.29) is 131 Å². The molecule has 4 aliphatic rings. The van der Waals surface area contributed by atoms with Crippen LogP contribution >= 0.6 is 0 Å². The van der Waals surface area contributed by atoms with Crippen molar-refractivity contribution in [1.29, 1.82) is 0 Å². The van der Waals surface area contributed by atoms with Crippen molar-refractivity contribution in [3.63, 3.8) is 0 Å². The molecule has 1 unspecified atom stereocenters. The number of nitrogens with one attached hydrogen (secondary N) is 1. The van der Waals surface area contributed by atoms with Gasteiger partial charge in [0.2, 0.25) is 0 Å². The molecule has 2 aromatic carbocycles. The van der Waals surface area contributed by atoms with E-state index in [4.69, 9.17) is 25.4 Å². The second kappa shape index (κ2) is 18.5. The molecule has 11 atom stereocenters. The SMILES string of the molecule is C#CCCOC(=O)N[C@@H](c1ccccc1)[C@@H](O)C(=O)OC1C[C@@]2(O)[C@@H](OC(=O)c3ccccc3)[C@@H]3[C@]4(O)CO[C@@H]4C[C@H](O)[C@@]3(C)C(=O)[C@H](O)C(=C1C)C2(C)C.[Ac].[Ac]. The summed E-state index contributed by atoms with van der Waals surface area (Å²) in [5.41, 5.74) is -7.29. The van der Waals surface area contributed by atoms with Crippen LogP contribution in [0, 0.1) is 117 Å². The number of aliphatic hydroxyl groups is 5. The average molecular weight is 1220 g/mol. The molecule has 57 heavy (non-hydrogen) atoms. The Balaban J connectivity index is 0.00000360. The van der Waals surface area contributed by atoms with Gasteiger partial charge in [-0.15, -0.1) is 12.3 Å². The topological polar surface area (TPSA) is 218 Å². The zero-order valence-electron chi connectivity index (χ0n) is 32.2. The number of ketones is 1. The standard InChI is InChI=1S/C41H47NO13.2Ac/c1-6-7-18-52-37(49)42-29(23-14-10-8-11-15-23)31(45)36(48)54-25-20-41(51)34(55-35(47)24-16-12-9-13-17-24)32-39(5,26(43)19-27-40(32,50)21-53-27)33(46)30(44)28(22(25)2)38(41,3)4;;/h1,8-17,25-27,29-32,34,43-45,50-51H,7,18-21H2,2-5H3,(H,42,49);;/t25?,26-,27+,29-,30+,31+,32-,34-,39+,40-,41+;;/m0../s1. The number of ether oxygens (including phenoxy) is 4. The van der Waals surface area contributed by atoms with Gasteiger partial charge in [-0.2, -0.15) is 0 Å². The predicted octanol–water partition coefficient (Wildman–Crippen LogP) is 1.91. The van der Waals surface area contributed by atoms with Crippen molar-refractivity contribution in [2.75, 3.05) is 13.2 Å². The van der Waals surface area contributed by atoms with Gasteiger partial charge in [0.1, 0.15) is 36.1 Å². The summed E-state index contributed by atoms with van der Waals surface area (Å²) in [6.45, 7) is 5.51. The van der Waals surface area contributed by atoms with E-state index in [0.717, 1.165) is 0 Å². The quantitative estimate of drug-likeness (QED) is 0.0697. The molecule has 300 valence electrons. The fourth-order valence-electron chi connectivity index (χ4n) is 9.10. The predicted molar refractivity (Wildman–Crippen MR) is 193 cm³/mol. The molecule has 3 aliphatic carbocycles. The van der Waals surface area contributed by atoms with Crippen molar-refractivity contribution in [3.8, 4) is 12.3 Å². The Morgan fingerprint density at radius 1 is 1.00 bits per heavy atom. The number of esters is 2. The van der Waals surface area contributed by atoms with Crippen LogP contribution in [-0.4, -0.2) is 110 Å². The van der Waals surface area contributed by atoms with E-state index in [1.807, 2.05) is 0 Å². The Kier molecular flexibility index (Phi) is 15.5. The fraction of sp³-hybridized carbons (Fsp3) is 0.512. The number of amides is 1. The Morgan fingerprint density at radius 3 is 2.19 bits per heavy atom. The summed E-state index contributed by atoms with van der Waals surface area (Å²) in [7, 11) is 0. The molecule has 2 saturated carbocycles. The molecular weight excluding hydrogens is 1170 g/mol. The molecule has 6 N–H and O–H groups in total. The van der Waals surface area contributed by atoms with Crippen LogP contribution < -0.4 is 5.32 Å². The molecule has 3 fully saturated rings. The number of fused-ring (bicyclic) bond motifs is 5. The molecule has 2 aromatic rings. The smallest absolute Gasteiger partial charge is 0.407 e.